The van der Waals surface area contributed by atoms with E-state index in [9.17, 15) is 20.4 Å². The molecule has 8 saturated heterocycles. The van der Waals surface area contributed by atoms with Crippen molar-refractivity contribution in [3.63, 3.8) is 0 Å². The summed E-state index contributed by atoms with van der Waals surface area (Å²) in [4.78, 5) is 58.6. The number of halogens is 1. The lowest BCUT2D eigenvalue weighted by Gasteiger charge is -2.31. The maximum Gasteiger partial charge on any atom is 0.310 e. The van der Waals surface area contributed by atoms with Crippen molar-refractivity contribution in [3.05, 3.63) is 84.4 Å². The number of aliphatic imine (C=N–C) groups is 3. The summed E-state index contributed by atoms with van der Waals surface area (Å²) in [7, 11) is 5.87. The van der Waals surface area contributed by atoms with Gasteiger partial charge in [0, 0.05) is 28.2 Å². The molecule has 17 rings (SSSR count). The number of nitriles is 1. The lowest BCUT2D eigenvalue weighted by atomic mass is 9.96. The van der Waals surface area contributed by atoms with Crippen LogP contribution in [0.5, 0.6) is 0 Å². The first-order valence-electron chi connectivity index (χ1n) is 34.7. The molecule has 7 aromatic heterocycles. The highest BCUT2D eigenvalue weighted by Gasteiger charge is 2.66. The Morgan fingerprint density at radius 3 is 1.80 bits per heavy atom. The van der Waals surface area contributed by atoms with Gasteiger partial charge in [-0.15, -0.1) is 0 Å². The van der Waals surface area contributed by atoms with Gasteiger partial charge >= 0.3 is 8.53 Å². The van der Waals surface area contributed by atoms with E-state index in [1.54, 1.807) is 56.5 Å². The second kappa shape index (κ2) is 32.3. The first kappa shape index (κ1) is 76.6. The molecule has 16 heterocycles. The second-order valence-corrected chi connectivity index (χ2v) is 28.4. The molecule has 9 aliphatic heterocycles. The fourth-order valence-corrected chi connectivity index (χ4v) is 14.8. The first-order chi connectivity index (χ1) is 51.7. The van der Waals surface area contributed by atoms with E-state index in [1.165, 1.54) is 18.9 Å². The third-order valence-electron chi connectivity index (χ3n) is 19.1. The molecular weight excluding hydrogens is 1440 g/mol. The summed E-state index contributed by atoms with van der Waals surface area (Å²) in [5.74, 6) is 1.78. The molecule has 41 heteroatoms. The van der Waals surface area contributed by atoms with Crippen LogP contribution in [-0.4, -0.2) is 269 Å². The van der Waals surface area contributed by atoms with Gasteiger partial charge in [0.25, 0.3) is 5.95 Å². The number of rotatable bonds is 20. The number of anilines is 3. The van der Waals surface area contributed by atoms with E-state index in [0.717, 1.165) is 23.5 Å². The summed E-state index contributed by atoms with van der Waals surface area (Å²) in [6.45, 7) is 13.7. The zero-order chi connectivity index (χ0) is 75.5. The topological polar surface area (TPSA) is 475 Å². The van der Waals surface area contributed by atoms with Crippen molar-refractivity contribution < 1.29 is 72.1 Å². The number of fused-ring (bicyclic) bond motifs is 12. The van der Waals surface area contributed by atoms with E-state index in [0.29, 0.717) is 78.2 Å². The Balaban J connectivity index is 0.000000126. The molecular formula is C66H86ClN24O15P. The Bertz CT molecular complexity index is 4570. The van der Waals surface area contributed by atoms with Crippen molar-refractivity contribution in [3.8, 4) is 6.07 Å². The number of nitrogens with zero attached hydrogens (tertiary/aromatic N) is 21. The molecule has 8 aromatic rings. The quantitative estimate of drug-likeness (QED) is 0.0188. The molecule has 0 amide bonds. The van der Waals surface area contributed by atoms with Gasteiger partial charge in [-0.2, -0.15) is 25.2 Å². The van der Waals surface area contributed by atoms with Gasteiger partial charge in [0.2, 0.25) is 17.9 Å². The Kier molecular flexibility index (Phi) is 23.1. The number of hydrogen-bond donors (Lipinski definition) is 7. The molecule has 0 aliphatic carbocycles. The number of aromatic nitrogens is 14. The highest BCUT2D eigenvalue weighted by atomic mass is 35.5. The summed E-state index contributed by atoms with van der Waals surface area (Å²) in [6.07, 6.45) is 9.48. The number of guanidine groups is 1. The van der Waals surface area contributed by atoms with Crippen LogP contribution in [0.3, 0.4) is 0 Å². The molecule has 8 bridgehead atoms. The van der Waals surface area contributed by atoms with Crippen molar-refractivity contribution in [2.75, 3.05) is 91.2 Å². The van der Waals surface area contributed by atoms with Crippen LogP contribution in [0.15, 0.2) is 87.8 Å². The minimum absolute atomic E-state index is 0.0883. The molecule has 572 valence electrons. The molecule has 9 N–H and O–H groups in total. The van der Waals surface area contributed by atoms with E-state index >= 15 is 0 Å². The van der Waals surface area contributed by atoms with Crippen LogP contribution < -0.4 is 16.8 Å². The zero-order valence-electron chi connectivity index (χ0n) is 60.0. The van der Waals surface area contributed by atoms with Crippen LogP contribution in [0.25, 0.3) is 33.5 Å². The van der Waals surface area contributed by atoms with E-state index in [2.05, 4.69) is 102 Å². The smallest absolute Gasteiger partial charge is 0.310 e. The number of hydrogen-bond acceptors (Lipinski definition) is 33. The summed E-state index contributed by atoms with van der Waals surface area (Å²) >= 11 is 6.16. The van der Waals surface area contributed by atoms with Gasteiger partial charge in [-0.3, -0.25) is 18.3 Å². The van der Waals surface area contributed by atoms with E-state index in [4.69, 9.17) is 80.0 Å². The molecule has 9 aliphatic rings. The third-order valence-corrected chi connectivity index (χ3v) is 20.4. The molecule has 5 unspecified atom stereocenters. The standard InChI is InChI=1S/C19H20ClN5O3.C19H27N8O4P.C14H18N6O4.C11H13N5O4.C3H8/c1-2-19-9-27-13(14(19)26-8-11-6-4-3-5-7-11)17(28-19)25-10-22-12-15(20)23-18(21)24-16(12)25;1-5-19-10-28-14(15(19)31-32(21-2)29-8-6-7-20)17(30-19)27-12-23-13-9-22-18(25-16(13)27)24-11-26(3)4;1-19(2)6-17-13-15-3-8-11(18-13)20(7-16-8)12-9-10(22)14(4-21,24-12)5-23-9;12-10-13-1-5-8(15-10)16(4-14-5)9-6-7(18)11(2-17,20-9)3-19-6;1-3-2/h3-7,10,13-14,17H,2,8-9H2,1H3,(H2,21,23,24);11-12,14-15,17H,2,5-6,8-10H2,1,3-4H3,(H,22,25);3,6-7,9-10,12,21-22H,4-5H2,1-2H3;1,4,6-7,9,17-18H,2-3H2,(H2,12,13,15);3H2,1-2H3/t13?,14-,17-,19+;14?,15-,17-,19+,32?;9?,10-,12-,14+;6?,7-,9-,11+;/m1111./s1. The Morgan fingerprint density at radius 1 is 0.682 bits per heavy atom. The molecule has 17 atom stereocenters. The fraction of sp³-hybridized carbons (Fsp3) is 0.561. The van der Waals surface area contributed by atoms with Crippen LogP contribution in [-0.2, 0) is 64.8 Å². The van der Waals surface area contributed by atoms with E-state index in [1.807, 2.05) is 81.0 Å². The number of nitrogens with two attached hydrogens (primary N) is 2. The van der Waals surface area contributed by atoms with Gasteiger partial charge in [0.15, 0.2) is 47.0 Å². The summed E-state index contributed by atoms with van der Waals surface area (Å²) < 4.78 is 77.0. The van der Waals surface area contributed by atoms with Crippen molar-refractivity contribution >= 4 is 103 Å². The van der Waals surface area contributed by atoms with Crippen molar-refractivity contribution in [1.82, 2.24) is 77.9 Å². The lowest BCUT2D eigenvalue weighted by Crippen LogP contribution is -2.44. The molecule has 107 heavy (non-hydrogen) atoms. The Morgan fingerprint density at radius 2 is 1.21 bits per heavy atom. The van der Waals surface area contributed by atoms with Gasteiger partial charge in [0.05, 0.1) is 122 Å². The number of ether oxygens (including phenoxy) is 9. The van der Waals surface area contributed by atoms with Crippen molar-refractivity contribution in [2.24, 2.45) is 19.7 Å². The minimum atomic E-state index is -1.62. The highest BCUT2D eigenvalue weighted by Crippen LogP contribution is 2.56. The van der Waals surface area contributed by atoms with Crippen LogP contribution in [0.4, 0.5) is 23.7 Å². The van der Waals surface area contributed by atoms with Crippen LogP contribution in [0.1, 0.15) is 89.5 Å². The molecule has 39 nitrogen and oxygen atoms in total. The summed E-state index contributed by atoms with van der Waals surface area (Å²) in [6, 6.07) is 12.1. The second-order valence-electron chi connectivity index (χ2n) is 26.8. The zero-order valence-corrected chi connectivity index (χ0v) is 61.6. The van der Waals surface area contributed by atoms with Crippen LogP contribution >= 0.6 is 20.1 Å². The van der Waals surface area contributed by atoms with Gasteiger partial charge < -0.3 is 98.7 Å². The largest absolute Gasteiger partial charge is 0.393 e. The van der Waals surface area contributed by atoms with E-state index in [-0.39, 0.29) is 74.8 Å². The molecule has 8 fully saturated rings. The van der Waals surface area contributed by atoms with Gasteiger partial charge in [-0.05, 0) is 25.1 Å². The number of aliphatic hydroxyl groups excluding tert-OH is 4. The number of nitrogen functional groups attached to an aromatic ring is 2. The average Bonchev–Trinajstić information content (AvgIpc) is 1.60. The fourth-order valence-electron chi connectivity index (χ4n) is 13.7. The maximum absolute atomic E-state index is 10.3. The minimum Gasteiger partial charge on any atom is -0.393 e. The monoisotopic (exact) mass is 1520 g/mol. The lowest BCUT2D eigenvalue weighted by molar-refractivity contribution is -0.185. The van der Waals surface area contributed by atoms with Crippen molar-refractivity contribution in [2.45, 2.75) is 163 Å². The number of imidazole rings is 4. The molecule has 0 saturated carbocycles. The van der Waals surface area contributed by atoms with Crippen molar-refractivity contribution in [1.29, 1.82) is 5.26 Å². The Labute approximate surface area is 619 Å². The maximum atomic E-state index is 10.3. The number of nitrogens with one attached hydrogen (secondary N) is 1. The molecule has 1 aromatic carbocycles. The summed E-state index contributed by atoms with van der Waals surface area (Å²) in [5.41, 5.74) is 13.1. The number of benzene rings is 1. The molecule has 0 radical (unpaired) electrons. The van der Waals surface area contributed by atoms with Crippen LogP contribution in [0, 0.1) is 11.3 Å². The third kappa shape index (κ3) is 14.8. The van der Waals surface area contributed by atoms with Gasteiger partial charge in [-0.25, -0.2) is 49.6 Å². The SMILES string of the molecule is C=NP(OCCC#N)O[C@@H]1C2OC[C@]1(CC)O[C@H]2n1cnc2c1NC(N=CN(C)C)=NC2.CCC.CC[C@@]12COC([C@H](n3cnc4c(Cl)nc(N)nc43)O1)[C@H]2OCc1ccccc1.CN(C)C=Nc1ncc2ncn([C@@H]3O[C@@]4(CO)COC3[C@H]4O)c2n1.Nc1ncc2ncn([C@@H]3O[C@@]4(CO)COC3[C@H]4O)c2n1. The van der Waals surface area contributed by atoms with Crippen LogP contribution in [0.2, 0.25) is 5.15 Å². The predicted octanol–water partition coefficient (Wildman–Crippen LogP) is 3.71. The normalized spacial score (nSPS) is 30.5. The average molecular weight is 1520 g/mol. The predicted molar refractivity (Wildman–Crippen MR) is 386 cm³/mol. The first-order valence-corrected chi connectivity index (χ1v) is 36.2. The highest BCUT2D eigenvalue weighted by molar-refractivity contribution is 7.45. The number of aliphatic hydroxyl groups is 4. The van der Waals surface area contributed by atoms with E-state index < -0.39 is 86.4 Å². The molecule has 0 spiro atoms. The van der Waals surface area contributed by atoms with Gasteiger partial charge in [-0.1, -0.05) is 76.0 Å². The summed E-state index contributed by atoms with van der Waals surface area (Å²) in [5, 5.41) is 51.7. The Hall–Kier alpha value is -8.63. The van der Waals surface area contributed by atoms with Gasteiger partial charge in [0.1, 0.15) is 99.3 Å².